The van der Waals surface area contributed by atoms with Crippen LogP contribution >= 0.6 is 11.7 Å². The Bertz CT molecular complexity index is 969. The minimum Gasteiger partial charge on any atom is -0.469 e. The van der Waals surface area contributed by atoms with E-state index in [1.165, 1.54) is 11.4 Å². The molecule has 1 saturated carbocycles. The number of ether oxygens (including phenoxy) is 1. The SMILES string of the molecule is COC(=O)[C@@]12CN(S(=O)(=O)c3cccc4nsnc34)C[C@@H]1C(C)(C)C2. The Morgan fingerprint density at radius 2 is 2.12 bits per heavy atom. The molecule has 9 heteroatoms. The van der Waals surface area contributed by atoms with Crippen molar-refractivity contribution in [3.63, 3.8) is 0 Å². The molecule has 2 aromatic rings. The van der Waals surface area contributed by atoms with Crippen LogP contribution in [-0.2, 0) is 19.6 Å². The molecular formula is C16H19N3O4S2. The van der Waals surface area contributed by atoms with Crippen molar-refractivity contribution < 1.29 is 17.9 Å². The molecular weight excluding hydrogens is 362 g/mol. The average Bonchev–Trinajstić information content (AvgIpc) is 3.16. The molecule has 0 amide bonds. The second kappa shape index (κ2) is 5.21. The molecule has 2 aliphatic rings. The van der Waals surface area contributed by atoms with Crippen molar-refractivity contribution in [2.75, 3.05) is 20.2 Å². The highest BCUT2D eigenvalue weighted by Crippen LogP contribution is 2.63. The Morgan fingerprint density at radius 1 is 1.36 bits per heavy atom. The van der Waals surface area contributed by atoms with E-state index < -0.39 is 15.4 Å². The van der Waals surface area contributed by atoms with Crippen molar-refractivity contribution in [2.24, 2.45) is 16.7 Å². The molecule has 134 valence electrons. The third-order valence-corrected chi connectivity index (χ3v) is 8.07. The van der Waals surface area contributed by atoms with E-state index in [1.807, 2.05) is 0 Å². The molecule has 1 aromatic heterocycles. The maximum atomic E-state index is 13.2. The molecule has 2 heterocycles. The summed E-state index contributed by atoms with van der Waals surface area (Å²) in [7, 11) is -2.40. The second-order valence-corrected chi connectivity index (χ2v) is 9.99. The van der Waals surface area contributed by atoms with Crippen LogP contribution in [-0.4, -0.2) is 47.6 Å². The number of carbonyl (C=O) groups excluding carboxylic acids is 1. The summed E-state index contributed by atoms with van der Waals surface area (Å²) in [5.41, 5.74) is 0.126. The monoisotopic (exact) mass is 381 g/mol. The molecule has 1 saturated heterocycles. The van der Waals surface area contributed by atoms with Gasteiger partial charge in [-0.25, -0.2) is 8.42 Å². The van der Waals surface area contributed by atoms with Gasteiger partial charge in [0, 0.05) is 13.1 Å². The number of sulfonamides is 1. The zero-order valence-corrected chi connectivity index (χ0v) is 15.9. The lowest BCUT2D eigenvalue weighted by molar-refractivity contribution is -0.174. The van der Waals surface area contributed by atoms with Crippen LogP contribution in [0.15, 0.2) is 23.1 Å². The van der Waals surface area contributed by atoms with Gasteiger partial charge in [-0.05, 0) is 29.9 Å². The van der Waals surface area contributed by atoms with Gasteiger partial charge in [-0.3, -0.25) is 4.79 Å². The van der Waals surface area contributed by atoms with E-state index in [2.05, 4.69) is 22.6 Å². The fourth-order valence-corrected chi connectivity index (χ4v) is 6.92. The maximum Gasteiger partial charge on any atom is 0.313 e. The molecule has 0 radical (unpaired) electrons. The van der Waals surface area contributed by atoms with Crippen LogP contribution in [0.3, 0.4) is 0 Å². The summed E-state index contributed by atoms with van der Waals surface area (Å²) in [6, 6.07) is 4.96. The summed E-state index contributed by atoms with van der Waals surface area (Å²) in [5.74, 6) is -0.363. The quantitative estimate of drug-likeness (QED) is 0.755. The molecule has 0 bridgehead atoms. The van der Waals surface area contributed by atoms with E-state index in [4.69, 9.17) is 4.74 Å². The van der Waals surface area contributed by atoms with Crippen LogP contribution in [0.4, 0.5) is 0 Å². The Hall–Kier alpha value is -1.58. The van der Waals surface area contributed by atoms with Crippen LogP contribution in [0, 0.1) is 16.7 Å². The van der Waals surface area contributed by atoms with E-state index in [-0.39, 0.29) is 28.7 Å². The molecule has 1 aliphatic heterocycles. The molecule has 0 unspecified atom stereocenters. The first-order valence-corrected chi connectivity index (χ1v) is 10.2. The second-order valence-electron chi connectivity index (χ2n) is 7.55. The summed E-state index contributed by atoms with van der Waals surface area (Å²) in [4.78, 5) is 12.6. The molecule has 0 spiro atoms. The van der Waals surface area contributed by atoms with Gasteiger partial charge in [0.05, 0.1) is 24.3 Å². The molecule has 1 aromatic carbocycles. The fraction of sp³-hybridized carbons (Fsp3) is 0.562. The number of methoxy groups -OCH3 is 1. The van der Waals surface area contributed by atoms with Gasteiger partial charge in [0.25, 0.3) is 0 Å². The van der Waals surface area contributed by atoms with Crippen molar-refractivity contribution in [1.29, 1.82) is 0 Å². The van der Waals surface area contributed by atoms with Gasteiger partial charge in [0.1, 0.15) is 15.9 Å². The summed E-state index contributed by atoms with van der Waals surface area (Å²) in [6.07, 6.45) is 0.631. The first-order valence-electron chi connectivity index (χ1n) is 8.02. The maximum absolute atomic E-state index is 13.2. The first-order chi connectivity index (χ1) is 11.7. The number of esters is 1. The first kappa shape index (κ1) is 16.9. The van der Waals surface area contributed by atoms with Crippen LogP contribution in [0.1, 0.15) is 20.3 Å². The standard InChI is InChI=1S/C16H19N3O4S2/c1-15(2)8-16(14(20)23-3)9-19(7-12(15)16)25(21,22)11-6-4-5-10-13(11)18-24-17-10/h4-6,12H,7-9H2,1-3H3/t12-,16+/m1/s1. The minimum atomic E-state index is -3.76. The van der Waals surface area contributed by atoms with Crippen LogP contribution in [0.2, 0.25) is 0 Å². The zero-order chi connectivity index (χ0) is 18.0. The van der Waals surface area contributed by atoms with Crippen LogP contribution in [0.25, 0.3) is 11.0 Å². The normalized spacial score (nSPS) is 28.5. The smallest absolute Gasteiger partial charge is 0.313 e. The van der Waals surface area contributed by atoms with E-state index in [0.717, 1.165) is 11.7 Å². The molecule has 2 fully saturated rings. The Morgan fingerprint density at radius 3 is 2.80 bits per heavy atom. The van der Waals surface area contributed by atoms with E-state index in [9.17, 15) is 13.2 Å². The summed E-state index contributed by atoms with van der Waals surface area (Å²) in [5, 5.41) is 0. The third-order valence-electron chi connectivity index (χ3n) is 5.68. The predicted octanol–water partition coefficient (Wildman–Crippen LogP) is 1.90. The molecule has 2 atom stereocenters. The molecule has 1 aliphatic carbocycles. The van der Waals surface area contributed by atoms with Crippen molar-refractivity contribution in [2.45, 2.75) is 25.2 Å². The van der Waals surface area contributed by atoms with E-state index in [1.54, 1.807) is 18.2 Å². The molecule has 25 heavy (non-hydrogen) atoms. The van der Waals surface area contributed by atoms with Crippen LogP contribution < -0.4 is 0 Å². The van der Waals surface area contributed by atoms with Crippen molar-refractivity contribution in [3.8, 4) is 0 Å². The van der Waals surface area contributed by atoms with E-state index in [0.29, 0.717) is 24.0 Å². The largest absolute Gasteiger partial charge is 0.469 e. The number of benzene rings is 1. The number of hydrogen-bond donors (Lipinski definition) is 0. The van der Waals surface area contributed by atoms with E-state index >= 15 is 0 Å². The number of rotatable bonds is 3. The summed E-state index contributed by atoms with van der Waals surface area (Å²) in [6.45, 7) is 4.61. The van der Waals surface area contributed by atoms with Crippen LogP contribution in [0.5, 0.6) is 0 Å². The minimum absolute atomic E-state index is 0.0463. The molecule has 4 rings (SSSR count). The average molecular weight is 381 g/mol. The lowest BCUT2D eigenvalue weighted by atomic mass is 9.48. The highest BCUT2D eigenvalue weighted by Gasteiger charge is 2.68. The van der Waals surface area contributed by atoms with Gasteiger partial charge in [0.15, 0.2) is 0 Å². The predicted molar refractivity (Wildman–Crippen MR) is 92.5 cm³/mol. The zero-order valence-electron chi connectivity index (χ0n) is 14.2. The molecule has 7 nitrogen and oxygen atoms in total. The number of hydrogen-bond acceptors (Lipinski definition) is 7. The van der Waals surface area contributed by atoms with Gasteiger partial charge in [-0.2, -0.15) is 13.1 Å². The number of carbonyl (C=O) groups is 1. The van der Waals surface area contributed by atoms with Gasteiger partial charge >= 0.3 is 5.97 Å². The van der Waals surface area contributed by atoms with Crippen molar-refractivity contribution >= 4 is 38.8 Å². The highest BCUT2D eigenvalue weighted by atomic mass is 32.2. The third kappa shape index (κ3) is 2.18. The number of aromatic nitrogens is 2. The number of nitrogens with zero attached hydrogens (tertiary/aromatic N) is 3. The summed E-state index contributed by atoms with van der Waals surface area (Å²) < 4.78 is 41.1. The van der Waals surface area contributed by atoms with Gasteiger partial charge in [-0.1, -0.05) is 19.9 Å². The fourth-order valence-electron chi connectivity index (χ4n) is 4.64. The Balaban J connectivity index is 1.76. The topological polar surface area (TPSA) is 89.5 Å². The molecule has 0 N–H and O–H groups in total. The Labute approximate surface area is 150 Å². The van der Waals surface area contributed by atoms with Gasteiger partial charge < -0.3 is 4.74 Å². The highest BCUT2D eigenvalue weighted by molar-refractivity contribution is 7.89. The van der Waals surface area contributed by atoms with Crippen molar-refractivity contribution in [1.82, 2.24) is 13.1 Å². The van der Waals surface area contributed by atoms with Gasteiger partial charge in [-0.15, -0.1) is 0 Å². The lowest BCUT2D eigenvalue weighted by Gasteiger charge is -2.54. The Kier molecular flexibility index (Phi) is 3.52. The van der Waals surface area contributed by atoms with Crippen molar-refractivity contribution in [3.05, 3.63) is 18.2 Å². The van der Waals surface area contributed by atoms with Gasteiger partial charge in [0.2, 0.25) is 10.0 Å². The summed E-state index contributed by atoms with van der Waals surface area (Å²) >= 11 is 0.990. The number of fused-ring (bicyclic) bond motifs is 2. The lowest BCUT2D eigenvalue weighted by Crippen LogP contribution is -2.57.